The normalized spacial score (nSPS) is 19.4. The number of nitrogens with zero attached hydrogens (tertiary/aromatic N) is 4. The Hall–Kier alpha value is -2.24. The molecule has 1 aliphatic carbocycles. The molecule has 1 atom stereocenters. The van der Waals surface area contributed by atoms with E-state index in [0.717, 1.165) is 54.6 Å². The first-order valence-electron chi connectivity index (χ1n) is 9.05. The van der Waals surface area contributed by atoms with E-state index in [1.807, 2.05) is 37.4 Å². The van der Waals surface area contributed by atoms with Gasteiger partial charge in [-0.05, 0) is 31.9 Å². The van der Waals surface area contributed by atoms with E-state index in [1.165, 1.54) is 22.6 Å². The number of aryl methyl sites for hydroxylation is 2. The Morgan fingerprint density at radius 3 is 2.92 bits per heavy atom. The number of benzene rings is 1. The van der Waals surface area contributed by atoms with Crippen molar-refractivity contribution in [3.63, 3.8) is 0 Å². The first-order chi connectivity index (χ1) is 12.7. The minimum atomic E-state index is 0.511. The second kappa shape index (κ2) is 6.18. The van der Waals surface area contributed by atoms with Crippen molar-refractivity contribution in [1.29, 1.82) is 0 Å². The third-order valence-electron chi connectivity index (χ3n) is 5.46. The zero-order valence-electron chi connectivity index (χ0n) is 14.7. The molecule has 5 rings (SSSR count). The largest absolute Gasteiger partial charge is 0.342 e. The van der Waals surface area contributed by atoms with Gasteiger partial charge < -0.3 is 4.98 Å². The van der Waals surface area contributed by atoms with Crippen molar-refractivity contribution in [2.45, 2.75) is 45.3 Å². The first-order valence-corrected chi connectivity index (χ1v) is 9.43. The van der Waals surface area contributed by atoms with E-state index < -0.39 is 0 Å². The zero-order valence-corrected chi connectivity index (χ0v) is 15.4. The molecule has 6 heteroatoms. The lowest BCUT2D eigenvalue weighted by atomic mass is 9.95. The van der Waals surface area contributed by atoms with Crippen LogP contribution < -0.4 is 0 Å². The Morgan fingerprint density at radius 2 is 2.04 bits per heavy atom. The lowest BCUT2D eigenvalue weighted by Crippen LogP contribution is -2.35. The smallest absolute Gasteiger partial charge is 0.139 e. The lowest BCUT2D eigenvalue weighted by Gasteiger charge is -2.30. The van der Waals surface area contributed by atoms with Crippen LogP contribution in [0.5, 0.6) is 0 Å². The molecule has 2 aliphatic rings. The molecule has 3 heterocycles. The molecule has 3 aromatic rings. The Labute approximate surface area is 157 Å². The predicted octanol–water partition coefficient (Wildman–Crippen LogP) is 3.70. The van der Waals surface area contributed by atoms with Crippen LogP contribution in [-0.4, -0.2) is 30.9 Å². The highest BCUT2D eigenvalue weighted by molar-refractivity contribution is 6.33. The van der Waals surface area contributed by atoms with Gasteiger partial charge in [-0.25, -0.2) is 15.0 Å². The number of rotatable bonds is 2. The van der Waals surface area contributed by atoms with E-state index in [2.05, 4.69) is 19.9 Å². The maximum atomic E-state index is 6.34. The maximum absolute atomic E-state index is 6.34. The number of H-pyrrole nitrogens is 1. The minimum absolute atomic E-state index is 0.511. The minimum Gasteiger partial charge on any atom is -0.342 e. The third kappa shape index (κ3) is 2.72. The van der Waals surface area contributed by atoms with Crippen molar-refractivity contribution in [3.8, 4) is 11.4 Å². The van der Waals surface area contributed by atoms with Gasteiger partial charge in [-0.3, -0.25) is 4.90 Å². The average Bonchev–Trinajstić information content (AvgIpc) is 3.24. The highest BCUT2D eigenvalue weighted by Crippen LogP contribution is 2.32. The fraction of sp³-hybridized carbons (Fsp3) is 0.350. The number of nitrogens with one attached hydrogen (secondary N) is 1. The van der Waals surface area contributed by atoms with Crippen LogP contribution in [-0.2, 0) is 25.9 Å². The molecular formula is C20H20ClN5. The summed E-state index contributed by atoms with van der Waals surface area (Å²) in [5.74, 6) is 1.74. The second-order valence-electron chi connectivity index (χ2n) is 7.18. The molecule has 1 N–H and O–H groups in total. The highest BCUT2D eigenvalue weighted by atomic mass is 35.5. The molecule has 0 radical (unpaired) electrons. The van der Waals surface area contributed by atoms with Gasteiger partial charge >= 0.3 is 0 Å². The van der Waals surface area contributed by atoms with Crippen LogP contribution in [0.25, 0.3) is 11.4 Å². The van der Waals surface area contributed by atoms with Crippen molar-refractivity contribution in [1.82, 2.24) is 24.8 Å². The summed E-state index contributed by atoms with van der Waals surface area (Å²) in [6.45, 7) is 3.82. The van der Waals surface area contributed by atoms with Crippen molar-refractivity contribution < 1.29 is 0 Å². The quantitative estimate of drug-likeness (QED) is 0.752. The van der Waals surface area contributed by atoms with Gasteiger partial charge in [0, 0.05) is 48.6 Å². The molecule has 132 valence electrons. The Kier molecular flexibility index (Phi) is 3.80. The number of halogens is 1. The molecule has 0 saturated carbocycles. The summed E-state index contributed by atoms with van der Waals surface area (Å²) in [7, 11) is 0. The molecule has 0 bridgehead atoms. The fourth-order valence-electron chi connectivity index (χ4n) is 4.09. The monoisotopic (exact) mass is 365 g/mol. The molecule has 0 spiro atoms. The van der Waals surface area contributed by atoms with Crippen LogP contribution in [0.3, 0.4) is 0 Å². The number of hydrogen-bond acceptors (Lipinski definition) is 4. The number of imidazole rings is 1. The highest BCUT2D eigenvalue weighted by Gasteiger charge is 2.31. The van der Waals surface area contributed by atoms with Gasteiger partial charge in [-0.15, -0.1) is 0 Å². The molecule has 26 heavy (non-hydrogen) atoms. The van der Waals surface area contributed by atoms with Gasteiger partial charge in [0.25, 0.3) is 0 Å². The van der Waals surface area contributed by atoms with Crippen molar-refractivity contribution in [2.75, 3.05) is 0 Å². The summed E-state index contributed by atoms with van der Waals surface area (Å²) in [5.41, 5.74) is 5.85. The van der Waals surface area contributed by atoms with Crippen molar-refractivity contribution >= 4 is 11.6 Å². The predicted molar refractivity (Wildman–Crippen MR) is 101 cm³/mol. The van der Waals surface area contributed by atoms with Crippen LogP contribution in [0.15, 0.2) is 30.5 Å². The zero-order chi connectivity index (χ0) is 17.7. The lowest BCUT2D eigenvalue weighted by molar-refractivity contribution is 0.179. The number of fused-ring (bicyclic) bond motifs is 2. The molecule has 1 aliphatic heterocycles. The summed E-state index contributed by atoms with van der Waals surface area (Å²) >= 11 is 6.34. The van der Waals surface area contributed by atoms with E-state index in [9.17, 15) is 0 Å². The Morgan fingerprint density at radius 1 is 1.15 bits per heavy atom. The van der Waals surface area contributed by atoms with Crippen LogP contribution in [0.2, 0.25) is 5.02 Å². The van der Waals surface area contributed by atoms with Crippen LogP contribution in [0, 0.1) is 6.92 Å². The van der Waals surface area contributed by atoms with Crippen LogP contribution >= 0.6 is 11.6 Å². The molecule has 0 amide bonds. The van der Waals surface area contributed by atoms with Crippen molar-refractivity contribution in [3.05, 3.63) is 64.0 Å². The summed E-state index contributed by atoms with van der Waals surface area (Å²) in [6, 6.07) is 8.38. The number of hydrogen-bond donors (Lipinski definition) is 1. The molecule has 2 aromatic heterocycles. The first kappa shape index (κ1) is 16.0. The molecule has 1 aromatic carbocycles. The molecule has 0 saturated heterocycles. The van der Waals surface area contributed by atoms with Gasteiger partial charge in [-0.2, -0.15) is 0 Å². The average molecular weight is 366 g/mol. The second-order valence-corrected chi connectivity index (χ2v) is 7.59. The van der Waals surface area contributed by atoms with E-state index in [4.69, 9.17) is 16.6 Å². The Balaban J connectivity index is 1.37. The van der Waals surface area contributed by atoms with E-state index in [0.29, 0.717) is 6.04 Å². The standard InChI is InChI=1S/C20H20ClN5/c1-12-22-9-13-10-26(11-19(13)23-12)14-6-7-17-18(8-14)25-20(24-17)15-4-2-3-5-16(15)21/h2-5,9,14H,6-8,10-11H2,1H3,(H,24,25). The van der Waals surface area contributed by atoms with Crippen molar-refractivity contribution in [2.24, 2.45) is 0 Å². The summed E-state index contributed by atoms with van der Waals surface area (Å²) in [5, 5.41) is 0.735. The fourth-order valence-corrected chi connectivity index (χ4v) is 4.32. The molecule has 0 fully saturated rings. The molecular weight excluding hydrogens is 346 g/mol. The van der Waals surface area contributed by atoms with Gasteiger partial charge in [0.1, 0.15) is 11.6 Å². The SMILES string of the molecule is Cc1ncc2c(n1)CN(C1CCc3nc(-c4ccccc4Cl)[nH]c3C1)C2. The van der Waals surface area contributed by atoms with E-state index in [-0.39, 0.29) is 0 Å². The topological polar surface area (TPSA) is 57.7 Å². The summed E-state index contributed by atoms with van der Waals surface area (Å²) < 4.78 is 0. The third-order valence-corrected chi connectivity index (χ3v) is 5.79. The van der Waals surface area contributed by atoms with Crippen LogP contribution in [0.1, 0.15) is 34.9 Å². The van der Waals surface area contributed by atoms with Gasteiger partial charge in [0.05, 0.1) is 16.4 Å². The van der Waals surface area contributed by atoms with Crippen LogP contribution in [0.4, 0.5) is 0 Å². The number of aromatic amines is 1. The molecule has 1 unspecified atom stereocenters. The van der Waals surface area contributed by atoms with Gasteiger partial charge in [0.2, 0.25) is 0 Å². The maximum Gasteiger partial charge on any atom is 0.139 e. The number of aromatic nitrogens is 4. The summed E-state index contributed by atoms with van der Waals surface area (Å²) in [4.78, 5) is 19.8. The molecule has 5 nitrogen and oxygen atoms in total. The van der Waals surface area contributed by atoms with E-state index in [1.54, 1.807) is 0 Å². The van der Waals surface area contributed by atoms with Gasteiger partial charge in [0.15, 0.2) is 0 Å². The van der Waals surface area contributed by atoms with E-state index >= 15 is 0 Å². The Bertz CT molecular complexity index is 980. The van der Waals surface area contributed by atoms with Gasteiger partial charge in [-0.1, -0.05) is 23.7 Å². The summed E-state index contributed by atoms with van der Waals surface area (Å²) in [6.07, 6.45) is 5.10.